The van der Waals surface area contributed by atoms with Crippen LogP contribution in [0, 0.1) is 13.8 Å². The molecular formula is C15H23Br2NO. The van der Waals surface area contributed by atoms with Gasteiger partial charge in [-0.15, -0.1) is 0 Å². The van der Waals surface area contributed by atoms with Gasteiger partial charge >= 0.3 is 0 Å². The van der Waals surface area contributed by atoms with Crippen LogP contribution in [0.15, 0.2) is 9.27 Å². The molecule has 0 aliphatic heterocycles. The largest absolute Gasteiger partial charge is 0.360 e. The molecule has 19 heavy (non-hydrogen) atoms. The average molecular weight is 393 g/mol. The molecule has 0 bridgehead atoms. The van der Waals surface area contributed by atoms with Gasteiger partial charge < -0.3 is 4.98 Å². The zero-order valence-electron chi connectivity index (χ0n) is 12.0. The van der Waals surface area contributed by atoms with Crippen molar-refractivity contribution in [2.75, 3.05) is 0 Å². The van der Waals surface area contributed by atoms with Gasteiger partial charge in [-0.1, -0.05) is 55.0 Å². The molecular weight excluding hydrogens is 370 g/mol. The number of aromatic nitrogens is 1. The number of nitrogens with one attached hydrogen (secondary N) is 1. The lowest BCUT2D eigenvalue weighted by Crippen LogP contribution is -2.14. The van der Waals surface area contributed by atoms with Crippen molar-refractivity contribution in [3.05, 3.63) is 31.6 Å². The summed E-state index contributed by atoms with van der Waals surface area (Å²) < 4.78 is 0.672. The Morgan fingerprint density at radius 2 is 1.79 bits per heavy atom. The molecule has 1 aromatic heterocycles. The number of halogens is 2. The lowest BCUT2D eigenvalue weighted by atomic mass is 10.1. The molecule has 2 nitrogen and oxygen atoms in total. The molecule has 1 unspecified atom stereocenters. The maximum absolute atomic E-state index is 12.0. The first kappa shape index (κ1) is 17.0. The number of hydrogen-bond donors (Lipinski definition) is 1. The number of hydrogen-bond acceptors (Lipinski definition) is 1. The predicted molar refractivity (Wildman–Crippen MR) is 89.3 cm³/mol. The minimum absolute atomic E-state index is 0.0988. The van der Waals surface area contributed by atoms with E-state index in [2.05, 4.69) is 43.8 Å². The molecule has 0 aromatic carbocycles. The molecule has 0 spiro atoms. The Morgan fingerprint density at radius 1 is 1.16 bits per heavy atom. The highest BCUT2D eigenvalue weighted by Crippen LogP contribution is 2.31. The molecule has 0 fully saturated rings. The lowest BCUT2D eigenvalue weighted by molar-refractivity contribution is 0.602. The van der Waals surface area contributed by atoms with E-state index in [1.807, 2.05) is 13.8 Å². The standard InChI is InChI=1S/C15H23Br2NO/c1-4-5-6-7-8-9-12(16)14-13(17)15(19)10(2)11(3)18-14/h12H,4-9H2,1-3H3,(H,18,19). The molecule has 4 heteroatoms. The summed E-state index contributed by atoms with van der Waals surface area (Å²) in [5, 5.41) is 0. The second-order valence-corrected chi connectivity index (χ2v) is 7.00. The molecule has 1 rings (SSSR count). The molecule has 1 N–H and O–H groups in total. The van der Waals surface area contributed by atoms with Crippen LogP contribution < -0.4 is 5.43 Å². The summed E-state index contributed by atoms with van der Waals surface area (Å²) in [6.07, 6.45) is 7.41. The number of H-pyrrole nitrogens is 1. The van der Waals surface area contributed by atoms with Gasteiger partial charge in [0, 0.05) is 17.0 Å². The fourth-order valence-corrected chi connectivity index (χ4v) is 3.74. The first-order valence-electron chi connectivity index (χ1n) is 7.02. The van der Waals surface area contributed by atoms with Crippen LogP contribution in [-0.2, 0) is 0 Å². The van der Waals surface area contributed by atoms with Gasteiger partial charge in [-0.3, -0.25) is 4.79 Å². The van der Waals surface area contributed by atoms with Gasteiger partial charge in [-0.2, -0.15) is 0 Å². The third-order valence-corrected chi connectivity index (χ3v) is 5.24. The fraction of sp³-hybridized carbons (Fsp3) is 0.667. The molecule has 1 atom stereocenters. The summed E-state index contributed by atoms with van der Waals surface area (Å²) in [5.74, 6) is 0. The van der Waals surface area contributed by atoms with Gasteiger partial charge in [0.25, 0.3) is 0 Å². The van der Waals surface area contributed by atoms with Crippen LogP contribution in [0.1, 0.15) is 67.2 Å². The second kappa shape index (κ2) is 8.25. The highest BCUT2D eigenvalue weighted by Gasteiger charge is 2.16. The van der Waals surface area contributed by atoms with Crippen LogP contribution >= 0.6 is 31.9 Å². The first-order valence-corrected chi connectivity index (χ1v) is 8.72. The summed E-state index contributed by atoms with van der Waals surface area (Å²) in [6, 6.07) is 0. The van der Waals surface area contributed by atoms with E-state index in [9.17, 15) is 4.79 Å². The van der Waals surface area contributed by atoms with Crippen LogP contribution in [0.25, 0.3) is 0 Å². The first-order chi connectivity index (χ1) is 8.99. The molecule has 0 saturated heterocycles. The quantitative estimate of drug-likeness (QED) is 0.478. The molecule has 108 valence electrons. The summed E-state index contributed by atoms with van der Waals surface area (Å²) in [6.45, 7) is 6.04. The van der Waals surface area contributed by atoms with Gasteiger partial charge in [0.1, 0.15) is 0 Å². The Kier molecular flexibility index (Phi) is 7.37. The summed E-state index contributed by atoms with van der Waals surface area (Å²) >= 11 is 7.12. The summed E-state index contributed by atoms with van der Waals surface area (Å²) in [5.41, 5.74) is 2.82. The summed E-state index contributed by atoms with van der Waals surface area (Å²) in [7, 11) is 0. The molecule has 0 radical (unpaired) electrons. The van der Waals surface area contributed by atoms with Gasteiger partial charge in [-0.25, -0.2) is 0 Å². The van der Waals surface area contributed by atoms with Crippen LogP contribution in [0.2, 0.25) is 0 Å². The number of rotatable bonds is 7. The minimum atomic E-state index is 0.0988. The van der Waals surface area contributed by atoms with E-state index < -0.39 is 0 Å². The fourth-order valence-electron chi connectivity index (χ4n) is 2.10. The Bertz CT molecular complexity index is 468. The average Bonchev–Trinajstić information content (AvgIpc) is 2.40. The van der Waals surface area contributed by atoms with Gasteiger partial charge in [0.05, 0.1) is 9.30 Å². The normalized spacial score (nSPS) is 12.7. The Balaban J connectivity index is 2.67. The van der Waals surface area contributed by atoms with E-state index in [1.54, 1.807) is 0 Å². The van der Waals surface area contributed by atoms with Crippen molar-refractivity contribution in [2.24, 2.45) is 0 Å². The summed E-state index contributed by atoms with van der Waals surface area (Å²) in [4.78, 5) is 15.6. The van der Waals surface area contributed by atoms with Crippen LogP contribution in [0.4, 0.5) is 0 Å². The van der Waals surface area contributed by atoms with Crippen molar-refractivity contribution < 1.29 is 0 Å². The predicted octanol–water partition coefficient (Wildman–Crippen LogP) is 5.55. The SMILES string of the molecule is CCCCCCCC(Br)c1[nH]c(C)c(C)c(=O)c1Br. The van der Waals surface area contributed by atoms with E-state index >= 15 is 0 Å². The Hall–Kier alpha value is -0.0900. The van der Waals surface area contributed by atoms with Gasteiger partial charge in [0.2, 0.25) is 0 Å². The second-order valence-electron chi connectivity index (χ2n) is 5.10. The van der Waals surface area contributed by atoms with Crippen LogP contribution in [0.5, 0.6) is 0 Å². The third-order valence-electron chi connectivity index (χ3n) is 3.54. The van der Waals surface area contributed by atoms with E-state index in [-0.39, 0.29) is 10.3 Å². The van der Waals surface area contributed by atoms with E-state index in [0.29, 0.717) is 4.47 Å². The number of unbranched alkanes of at least 4 members (excludes halogenated alkanes) is 4. The highest BCUT2D eigenvalue weighted by molar-refractivity contribution is 9.11. The smallest absolute Gasteiger partial charge is 0.199 e. The van der Waals surface area contributed by atoms with Crippen molar-refractivity contribution >= 4 is 31.9 Å². The molecule has 0 amide bonds. The molecule has 1 heterocycles. The number of pyridine rings is 1. The van der Waals surface area contributed by atoms with Crippen LogP contribution in [0.3, 0.4) is 0 Å². The lowest BCUT2D eigenvalue weighted by Gasteiger charge is -2.14. The van der Waals surface area contributed by atoms with E-state index in [4.69, 9.17) is 0 Å². The molecule has 1 aromatic rings. The minimum Gasteiger partial charge on any atom is -0.360 e. The third kappa shape index (κ3) is 4.75. The molecule has 0 aliphatic carbocycles. The van der Waals surface area contributed by atoms with Gasteiger partial charge in [0.15, 0.2) is 5.43 Å². The maximum Gasteiger partial charge on any atom is 0.199 e. The van der Waals surface area contributed by atoms with E-state index in [0.717, 1.165) is 23.4 Å². The van der Waals surface area contributed by atoms with Gasteiger partial charge in [-0.05, 0) is 36.2 Å². The zero-order valence-corrected chi connectivity index (χ0v) is 15.2. The van der Waals surface area contributed by atoms with Crippen molar-refractivity contribution in [3.8, 4) is 0 Å². The van der Waals surface area contributed by atoms with E-state index in [1.165, 1.54) is 32.1 Å². The Labute approximate surface area is 132 Å². The van der Waals surface area contributed by atoms with Crippen molar-refractivity contribution in [3.63, 3.8) is 0 Å². The van der Waals surface area contributed by atoms with Crippen molar-refractivity contribution in [1.82, 2.24) is 4.98 Å². The number of aryl methyl sites for hydroxylation is 1. The monoisotopic (exact) mass is 391 g/mol. The molecule has 0 saturated carbocycles. The highest BCUT2D eigenvalue weighted by atomic mass is 79.9. The van der Waals surface area contributed by atoms with Crippen molar-refractivity contribution in [1.29, 1.82) is 0 Å². The number of aromatic amines is 1. The maximum atomic E-state index is 12.0. The van der Waals surface area contributed by atoms with Crippen molar-refractivity contribution in [2.45, 2.75) is 64.1 Å². The number of alkyl halides is 1. The topological polar surface area (TPSA) is 32.9 Å². The zero-order chi connectivity index (χ0) is 14.4. The molecule has 0 aliphatic rings. The van der Waals surface area contributed by atoms with Crippen LogP contribution in [-0.4, -0.2) is 4.98 Å². The Morgan fingerprint density at radius 3 is 2.42 bits per heavy atom.